The molecule has 2 aliphatic rings. The Hall–Kier alpha value is -3.16. The number of aliphatic hydroxyl groups excluding tert-OH is 1. The van der Waals surface area contributed by atoms with Gasteiger partial charge in [-0.1, -0.05) is 18.2 Å². The van der Waals surface area contributed by atoms with Crippen LogP contribution in [0.25, 0.3) is 11.3 Å². The van der Waals surface area contributed by atoms with Crippen LogP contribution in [0.4, 0.5) is 0 Å². The van der Waals surface area contributed by atoms with Crippen molar-refractivity contribution >= 4 is 5.91 Å². The molecule has 1 amide bonds. The number of amides is 1. The fraction of sp³-hybridized carbons (Fsp3) is 0.385. The number of likely N-dealkylation sites (tertiary alicyclic amines) is 1. The molecule has 33 heavy (non-hydrogen) atoms. The van der Waals surface area contributed by atoms with E-state index < -0.39 is 11.2 Å². The Morgan fingerprint density at radius 1 is 1.21 bits per heavy atom. The lowest BCUT2D eigenvalue weighted by Crippen LogP contribution is -2.49. The van der Waals surface area contributed by atoms with Gasteiger partial charge in [0.1, 0.15) is 17.0 Å². The van der Waals surface area contributed by atoms with Crippen LogP contribution in [0.1, 0.15) is 55.2 Å². The molecule has 7 heteroatoms. The Kier molecular flexibility index (Phi) is 5.06. The predicted octanol–water partition coefficient (Wildman–Crippen LogP) is 3.58. The Labute approximate surface area is 194 Å². The topological polar surface area (TPSA) is 87.8 Å². The second-order valence-corrected chi connectivity index (χ2v) is 9.54. The first kappa shape index (κ1) is 21.7. The van der Waals surface area contributed by atoms with Gasteiger partial charge in [-0.15, -0.1) is 0 Å². The number of rotatable bonds is 3. The minimum atomic E-state index is -1.09. The summed E-state index contributed by atoms with van der Waals surface area (Å²) in [5.74, 6) is 0.753. The lowest BCUT2D eigenvalue weighted by molar-refractivity contribution is -0.00169. The van der Waals surface area contributed by atoms with Crippen LogP contribution in [0.2, 0.25) is 0 Å². The fourth-order valence-corrected chi connectivity index (χ4v) is 5.12. The molecule has 0 saturated carbocycles. The zero-order chi connectivity index (χ0) is 23.4. The number of benzene rings is 2. The first-order chi connectivity index (χ1) is 15.7. The summed E-state index contributed by atoms with van der Waals surface area (Å²) >= 11 is 0. The molecule has 1 spiro atoms. The maximum absolute atomic E-state index is 13.3. The zero-order valence-corrected chi connectivity index (χ0v) is 19.2. The van der Waals surface area contributed by atoms with Gasteiger partial charge in [0.15, 0.2) is 0 Å². The van der Waals surface area contributed by atoms with E-state index in [1.54, 1.807) is 32.0 Å². The van der Waals surface area contributed by atoms with Crippen molar-refractivity contribution in [2.75, 3.05) is 13.1 Å². The van der Waals surface area contributed by atoms with Crippen molar-refractivity contribution in [1.82, 2.24) is 14.7 Å². The van der Waals surface area contributed by atoms with Crippen molar-refractivity contribution in [3.05, 3.63) is 70.9 Å². The molecule has 0 aliphatic carbocycles. The Morgan fingerprint density at radius 2 is 1.94 bits per heavy atom. The summed E-state index contributed by atoms with van der Waals surface area (Å²) in [5, 5.41) is 24.8. The van der Waals surface area contributed by atoms with Crippen molar-refractivity contribution in [2.45, 2.75) is 44.5 Å². The largest absolute Gasteiger partial charge is 0.482 e. The van der Waals surface area contributed by atoms with Crippen LogP contribution in [0, 0.1) is 0 Å². The summed E-state index contributed by atoms with van der Waals surface area (Å²) in [4.78, 5) is 15.1. The molecule has 2 aliphatic heterocycles. The molecule has 0 unspecified atom stereocenters. The minimum absolute atomic E-state index is 0. The highest BCUT2D eigenvalue weighted by Crippen LogP contribution is 2.49. The average molecular weight is 450 g/mol. The number of piperidine rings is 1. The highest BCUT2D eigenvalue weighted by molar-refractivity contribution is 5.94. The van der Waals surface area contributed by atoms with Gasteiger partial charge >= 0.3 is 0 Å². The molecule has 1 aromatic heterocycles. The van der Waals surface area contributed by atoms with E-state index in [1.165, 1.54) is 0 Å². The predicted molar refractivity (Wildman–Crippen MR) is 126 cm³/mol. The van der Waals surface area contributed by atoms with Gasteiger partial charge in [-0.3, -0.25) is 9.48 Å². The smallest absolute Gasteiger partial charge is 0.253 e. The van der Waals surface area contributed by atoms with E-state index in [-0.39, 0.29) is 13.9 Å². The fourth-order valence-electron chi connectivity index (χ4n) is 5.12. The number of hydrogen-bond donors (Lipinski definition) is 2. The van der Waals surface area contributed by atoms with Crippen molar-refractivity contribution < 1.29 is 21.2 Å². The molecule has 0 radical (unpaired) electrons. The SMILES string of the molecule is Cn1cc2c(n1)-c1ccccc1OC21CCN(C(=O)c2ccc(C(C)(C)O)c(CO)c2)CC1.[HH]. The van der Waals surface area contributed by atoms with E-state index in [1.807, 2.05) is 47.1 Å². The van der Waals surface area contributed by atoms with Gasteiger partial charge < -0.3 is 19.8 Å². The normalized spacial score (nSPS) is 16.8. The third-order valence-corrected chi connectivity index (χ3v) is 6.81. The number of aromatic nitrogens is 2. The van der Waals surface area contributed by atoms with Crippen LogP contribution in [0.5, 0.6) is 5.75 Å². The summed E-state index contributed by atoms with van der Waals surface area (Å²) in [5.41, 5.74) is 3.14. The van der Waals surface area contributed by atoms with Crippen molar-refractivity contribution in [1.29, 1.82) is 0 Å². The summed E-state index contributed by atoms with van der Waals surface area (Å²) in [6.07, 6.45) is 3.37. The van der Waals surface area contributed by atoms with Gasteiger partial charge in [-0.25, -0.2) is 0 Å². The zero-order valence-electron chi connectivity index (χ0n) is 19.2. The maximum Gasteiger partial charge on any atom is 0.253 e. The highest BCUT2D eigenvalue weighted by Gasteiger charge is 2.45. The van der Waals surface area contributed by atoms with Crippen LogP contribution < -0.4 is 4.74 Å². The molecule has 2 N–H and O–H groups in total. The number of carbonyl (C=O) groups excluding carboxylic acids is 1. The number of hydrogen-bond acceptors (Lipinski definition) is 5. The highest BCUT2D eigenvalue weighted by atomic mass is 16.5. The van der Waals surface area contributed by atoms with Gasteiger partial charge in [0.05, 0.1) is 12.2 Å². The third-order valence-electron chi connectivity index (χ3n) is 6.81. The lowest BCUT2D eigenvalue weighted by Gasteiger charge is -2.44. The van der Waals surface area contributed by atoms with E-state index in [0.717, 1.165) is 22.6 Å². The number of nitrogens with zero attached hydrogens (tertiary/aromatic N) is 3. The number of ether oxygens (including phenoxy) is 1. The van der Waals surface area contributed by atoms with Gasteiger partial charge in [0.25, 0.3) is 5.91 Å². The summed E-state index contributed by atoms with van der Waals surface area (Å²) < 4.78 is 8.40. The molecule has 3 aromatic rings. The maximum atomic E-state index is 13.3. The molecule has 7 nitrogen and oxygen atoms in total. The first-order valence-electron chi connectivity index (χ1n) is 11.3. The Morgan fingerprint density at radius 3 is 2.64 bits per heavy atom. The van der Waals surface area contributed by atoms with Crippen LogP contribution in [-0.2, 0) is 24.9 Å². The molecule has 1 fully saturated rings. The molecule has 174 valence electrons. The van der Waals surface area contributed by atoms with Crippen LogP contribution >= 0.6 is 0 Å². The van der Waals surface area contributed by atoms with Crippen LogP contribution in [-0.4, -0.2) is 43.9 Å². The number of fused-ring (bicyclic) bond motifs is 4. The number of aliphatic hydroxyl groups is 2. The van der Waals surface area contributed by atoms with Gasteiger partial charge in [0, 0.05) is 57.3 Å². The Bertz CT molecular complexity index is 1220. The number of aryl methyl sites for hydroxylation is 1. The van der Waals surface area contributed by atoms with Gasteiger partial charge in [0.2, 0.25) is 0 Å². The van der Waals surface area contributed by atoms with Crippen molar-refractivity contribution in [3.8, 4) is 17.0 Å². The standard InChI is InChI=1S/C26H29N3O4.H2/c1-25(2,32)20-9-8-17(14-18(20)16-30)24(31)29-12-10-26(11-13-29)21-15-28(3)27-23(21)19-6-4-5-7-22(19)33-26;/h4-9,14-15,30,32H,10-13,16H2,1-3H3;1H. The van der Waals surface area contributed by atoms with Gasteiger partial charge in [-0.2, -0.15) is 5.10 Å². The second kappa shape index (κ2) is 7.71. The summed E-state index contributed by atoms with van der Waals surface area (Å²) in [6, 6.07) is 13.1. The summed E-state index contributed by atoms with van der Waals surface area (Å²) in [6.45, 7) is 4.21. The first-order valence-corrected chi connectivity index (χ1v) is 11.3. The molecule has 2 aromatic carbocycles. The molecule has 3 heterocycles. The number of para-hydroxylation sites is 1. The molecule has 0 atom stereocenters. The van der Waals surface area contributed by atoms with E-state index in [0.29, 0.717) is 42.6 Å². The van der Waals surface area contributed by atoms with Crippen LogP contribution in [0.3, 0.4) is 0 Å². The van der Waals surface area contributed by atoms with E-state index >= 15 is 0 Å². The van der Waals surface area contributed by atoms with E-state index in [2.05, 4.69) is 0 Å². The number of carbonyl (C=O) groups is 1. The lowest BCUT2D eigenvalue weighted by atomic mass is 9.81. The Balaban J connectivity index is 0.00000274. The molecule has 1 saturated heterocycles. The minimum Gasteiger partial charge on any atom is -0.482 e. The third kappa shape index (κ3) is 3.61. The van der Waals surface area contributed by atoms with Crippen LogP contribution in [0.15, 0.2) is 48.7 Å². The van der Waals surface area contributed by atoms with Crippen molar-refractivity contribution in [3.63, 3.8) is 0 Å². The van der Waals surface area contributed by atoms with Crippen molar-refractivity contribution in [2.24, 2.45) is 7.05 Å². The van der Waals surface area contributed by atoms with E-state index in [9.17, 15) is 15.0 Å². The molecule has 0 bridgehead atoms. The van der Waals surface area contributed by atoms with Gasteiger partial charge in [-0.05, 0) is 49.2 Å². The molecule has 5 rings (SSSR count). The molecular weight excluding hydrogens is 418 g/mol. The average Bonchev–Trinajstić information content (AvgIpc) is 3.21. The summed E-state index contributed by atoms with van der Waals surface area (Å²) in [7, 11) is 1.92. The second-order valence-electron chi connectivity index (χ2n) is 9.54. The monoisotopic (exact) mass is 449 g/mol. The quantitative estimate of drug-likeness (QED) is 0.638. The van der Waals surface area contributed by atoms with E-state index in [4.69, 9.17) is 9.84 Å². The molecular formula is C26H31N3O4.